The normalized spacial score (nSPS) is 14.2. The second kappa shape index (κ2) is 14.8. The summed E-state index contributed by atoms with van der Waals surface area (Å²) < 4.78 is 6.68. The van der Waals surface area contributed by atoms with E-state index < -0.39 is 0 Å². The standard InChI is InChI=1S/C60H40N2O/c1-60(45-22-9-4-10-23-45)53-30-15-13-26-49(53)50-33-32-41(37-54(50)60)46-24-11-12-25-47(46)42-34-43(48-28-17-29-52-51-27-14-16-31-57(51)63-58(48)52)36-44(35-42)56-38-55(39-18-5-2-6-19-39)61-59(62-56)40-20-7-3-8-21-40/h2-38H,1H3. The van der Waals surface area contributed by atoms with Crippen molar-refractivity contribution in [1.82, 2.24) is 9.97 Å². The molecule has 0 N–H and O–H groups in total. The molecule has 12 rings (SSSR count). The van der Waals surface area contributed by atoms with Gasteiger partial charge < -0.3 is 4.42 Å². The minimum atomic E-state index is -0.309. The predicted octanol–water partition coefficient (Wildman–Crippen LogP) is 15.7. The first-order valence-electron chi connectivity index (χ1n) is 21.6. The van der Waals surface area contributed by atoms with Crippen molar-refractivity contribution in [1.29, 1.82) is 0 Å². The third-order valence-corrected chi connectivity index (χ3v) is 13.0. The van der Waals surface area contributed by atoms with Gasteiger partial charge in [-0.2, -0.15) is 0 Å². The van der Waals surface area contributed by atoms with Crippen LogP contribution in [-0.2, 0) is 5.41 Å². The monoisotopic (exact) mass is 804 g/mol. The average molecular weight is 805 g/mol. The molecule has 1 aliphatic rings. The summed E-state index contributed by atoms with van der Waals surface area (Å²) in [4.78, 5) is 10.4. The zero-order valence-corrected chi connectivity index (χ0v) is 34.7. The lowest BCUT2D eigenvalue weighted by molar-refractivity contribution is 0.670. The van der Waals surface area contributed by atoms with Gasteiger partial charge in [-0.3, -0.25) is 0 Å². The van der Waals surface area contributed by atoms with E-state index in [0.29, 0.717) is 5.82 Å². The van der Waals surface area contributed by atoms with Crippen molar-refractivity contribution in [2.75, 3.05) is 0 Å². The van der Waals surface area contributed by atoms with Crippen LogP contribution in [-0.4, -0.2) is 9.97 Å². The Labute approximate surface area is 366 Å². The minimum absolute atomic E-state index is 0.309. The topological polar surface area (TPSA) is 38.9 Å². The predicted molar refractivity (Wildman–Crippen MR) is 259 cm³/mol. The van der Waals surface area contributed by atoms with E-state index in [9.17, 15) is 0 Å². The Morgan fingerprint density at radius 3 is 1.65 bits per heavy atom. The van der Waals surface area contributed by atoms with Crippen molar-refractivity contribution in [3.05, 3.63) is 241 Å². The van der Waals surface area contributed by atoms with E-state index in [0.717, 1.165) is 77.8 Å². The van der Waals surface area contributed by atoms with Crippen molar-refractivity contribution in [3.63, 3.8) is 0 Å². The maximum absolute atomic E-state index is 6.68. The number of fused-ring (bicyclic) bond motifs is 6. The molecule has 2 heterocycles. The van der Waals surface area contributed by atoms with Gasteiger partial charge in [-0.05, 0) is 99.0 Å². The molecule has 9 aromatic carbocycles. The number of hydrogen-bond acceptors (Lipinski definition) is 3. The lowest BCUT2D eigenvalue weighted by atomic mass is 9.74. The summed E-state index contributed by atoms with van der Waals surface area (Å²) in [5.74, 6) is 0.680. The van der Waals surface area contributed by atoms with Crippen LogP contribution in [0.5, 0.6) is 0 Å². The molecule has 3 nitrogen and oxygen atoms in total. The Hall–Kier alpha value is -8.14. The van der Waals surface area contributed by atoms with E-state index >= 15 is 0 Å². The van der Waals surface area contributed by atoms with Crippen LogP contribution in [0, 0.1) is 0 Å². The van der Waals surface area contributed by atoms with Crippen LogP contribution in [0.3, 0.4) is 0 Å². The molecule has 11 aromatic rings. The fraction of sp³-hybridized carbons (Fsp3) is 0.0333. The van der Waals surface area contributed by atoms with Crippen molar-refractivity contribution in [3.8, 4) is 78.4 Å². The number of rotatable bonds is 7. The van der Waals surface area contributed by atoms with Crippen LogP contribution in [0.2, 0.25) is 0 Å². The van der Waals surface area contributed by atoms with Gasteiger partial charge in [0.15, 0.2) is 5.82 Å². The number of furan rings is 1. The zero-order valence-electron chi connectivity index (χ0n) is 34.7. The molecule has 0 aliphatic heterocycles. The summed E-state index contributed by atoms with van der Waals surface area (Å²) in [5.41, 5.74) is 19.3. The maximum atomic E-state index is 6.68. The molecular formula is C60H40N2O. The summed E-state index contributed by atoms with van der Waals surface area (Å²) in [5, 5.41) is 2.20. The van der Waals surface area contributed by atoms with Crippen molar-refractivity contribution in [2.24, 2.45) is 0 Å². The number of nitrogens with zero attached hydrogens (tertiary/aromatic N) is 2. The molecule has 1 atom stereocenters. The van der Waals surface area contributed by atoms with Crippen LogP contribution in [0.1, 0.15) is 23.6 Å². The molecule has 2 aromatic heterocycles. The van der Waals surface area contributed by atoms with Crippen LogP contribution in [0.15, 0.2) is 229 Å². The van der Waals surface area contributed by atoms with Gasteiger partial charge in [0.2, 0.25) is 0 Å². The van der Waals surface area contributed by atoms with Gasteiger partial charge >= 0.3 is 0 Å². The van der Waals surface area contributed by atoms with Crippen molar-refractivity contribution < 1.29 is 4.42 Å². The SMILES string of the molecule is CC1(c2ccccc2)c2ccccc2-c2ccc(-c3ccccc3-c3cc(-c4cc(-c5ccccc5)nc(-c5ccccc5)n4)cc(-c4cccc5c4oc4ccccc45)c3)cc21. The van der Waals surface area contributed by atoms with E-state index in [4.69, 9.17) is 14.4 Å². The zero-order chi connectivity index (χ0) is 41.9. The smallest absolute Gasteiger partial charge is 0.160 e. The molecule has 1 unspecified atom stereocenters. The Kier molecular flexibility index (Phi) is 8.62. The molecule has 0 amide bonds. The molecule has 0 spiro atoms. The Balaban J connectivity index is 1.09. The third kappa shape index (κ3) is 6.12. The molecular weight excluding hydrogens is 765 g/mol. The highest BCUT2D eigenvalue weighted by Gasteiger charge is 2.40. The first-order valence-corrected chi connectivity index (χ1v) is 21.6. The minimum Gasteiger partial charge on any atom is -0.455 e. The van der Waals surface area contributed by atoms with E-state index in [1.165, 1.54) is 33.4 Å². The molecule has 0 bridgehead atoms. The van der Waals surface area contributed by atoms with Gasteiger partial charge in [0.25, 0.3) is 0 Å². The van der Waals surface area contributed by atoms with E-state index in [-0.39, 0.29) is 5.41 Å². The lowest BCUT2D eigenvalue weighted by Crippen LogP contribution is -2.22. The van der Waals surface area contributed by atoms with Gasteiger partial charge in [-0.25, -0.2) is 9.97 Å². The van der Waals surface area contributed by atoms with E-state index in [1.54, 1.807) is 0 Å². The van der Waals surface area contributed by atoms with Crippen molar-refractivity contribution >= 4 is 21.9 Å². The second-order valence-electron chi connectivity index (χ2n) is 16.6. The van der Waals surface area contributed by atoms with Crippen molar-refractivity contribution in [2.45, 2.75) is 12.3 Å². The average Bonchev–Trinajstić information content (AvgIpc) is 3.87. The highest BCUT2D eigenvalue weighted by atomic mass is 16.3. The number of benzene rings is 9. The van der Waals surface area contributed by atoms with Gasteiger partial charge in [0, 0.05) is 38.4 Å². The number of aromatic nitrogens is 2. The summed E-state index contributed by atoms with van der Waals surface area (Å²) >= 11 is 0. The van der Waals surface area contributed by atoms with E-state index in [1.807, 2.05) is 36.4 Å². The van der Waals surface area contributed by atoms with Gasteiger partial charge in [0.05, 0.1) is 11.4 Å². The van der Waals surface area contributed by atoms with Gasteiger partial charge in [-0.1, -0.05) is 188 Å². The van der Waals surface area contributed by atoms with Crippen LogP contribution < -0.4 is 0 Å². The highest BCUT2D eigenvalue weighted by Crippen LogP contribution is 2.53. The van der Waals surface area contributed by atoms with E-state index in [2.05, 4.69) is 195 Å². The lowest BCUT2D eigenvalue weighted by Gasteiger charge is -2.28. The molecule has 0 saturated carbocycles. The molecule has 1 aliphatic carbocycles. The molecule has 296 valence electrons. The maximum Gasteiger partial charge on any atom is 0.160 e. The number of hydrogen-bond donors (Lipinski definition) is 0. The summed E-state index contributed by atoms with van der Waals surface area (Å²) in [6.07, 6.45) is 0. The van der Waals surface area contributed by atoms with Crippen LogP contribution in [0.25, 0.3) is 100 Å². The Bertz CT molecular complexity index is 3460. The Morgan fingerprint density at radius 1 is 0.349 bits per heavy atom. The summed E-state index contributed by atoms with van der Waals surface area (Å²) in [6, 6.07) is 80.1. The fourth-order valence-electron chi connectivity index (χ4n) is 9.86. The second-order valence-corrected chi connectivity index (χ2v) is 16.6. The highest BCUT2D eigenvalue weighted by molar-refractivity contribution is 6.10. The van der Waals surface area contributed by atoms with Crippen LogP contribution >= 0.6 is 0 Å². The third-order valence-electron chi connectivity index (χ3n) is 13.0. The summed E-state index contributed by atoms with van der Waals surface area (Å²) in [6.45, 7) is 2.38. The van der Waals surface area contributed by atoms with Gasteiger partial charge in [-0.15, -0.1) is 0 Å². The first-order chi connectivity index (χ1) is 31.1. The fourth-order valence-corrected chi connectivity index (χ4v) is 9.86. The first kappa shape index (κ1) is 36.7. The Morgan fingerprint density at radius 2 is 0.889 bits per heavy atom. The number of para-hydroxylation sites is 2. The largest absolute Gasteiger partial charge is 0.455 e. The molecule has 0 fully saturated rings. The van der Waals surface area contributed by atoms with Gasteiger partial charge in [0.1, 0.15) is 11.2 Å². The molecule has 63 heavy (non-hydrogen) atoms. The van der Waals surface area contributed by atoms with Crippen LogP contribution in [0.4, 0.5) is 0 Å². The summed E-state index contributed by atoms with van der Waals surface area (Å²) in [7, 11) is 0. The molecule has 3 heteroatoms. The molecule has 0 saturated heterocycles. The quantitative estimate of drug-likeness (QED) is 0.161. The molecule has 0 radical (unpaired) electrons.